The molecule has 1 aromatic carbocycles. The van der Waals surface area contributed by atoms with Crippen LogP contribution in [0.15, 0.2) is 41.3 Å². The third kappa shape index (κ3) is 4.15. The zero-order valence-electron chi connectivity index (χ0n) is 14.5. The Hall–Kier alpha value is -2.15. The molecule has 0 bridgehead atoms. The van der Waals surface area contributed by atoms with E-state index < -0.39 is 0 Å². The Morgan fingerprint density at radius 3 is 2.38 bits per heavy atom. The van der Waals surface area contributed by atoms with E-state index in [2.05, 4.69) is 21.2 Å². The smallest absolute Gasteiger partial charge is 0.233 e. The van der Waals surface area contributed by atoms with Crippen molar-refractivity contribution in [3.8, 4) is 0 Å². The van der Waals surface area contributed by atoms with Crippen molar-refractivity contribution in [1.29, 1.82) is 0 Å². The van der Waals surface area contributed by atoms with E-state index in [4.69, 9.17) is 0 Å². The van der Waals surface area contributed by atoms with Gasteiger partial charge in [0.2, 0.25) is 5.91 Å². The number of carbonyl (C=O) groups excluding carboxylic acids is 1. The number of benzene rings is 1. The van der Waals surface area contributed by atoms with Crippen LogP contribution in [0.1, 0.15) is 24.5 Å². The summed E-state index contributed by atoms with van der Waals surface area (Å²) in [5.74, 6) is 1.74. The molecule has 4 rings (SSSR count). The predicted molar refractivity (Wildman–Crippen MR) is 99.9 cm³/mol. The number of anilines is 1. The maximum absolute atomic E-state index is 12.9. The Morgan fingerprint density at radius 1 is 1.04 bits per heavy atom. The molecule has 0 N–H and O–H groups in total. The number of thioether (sulfide) groups is 1. The summed E-state index contributed by atoms with van der Waals surface area (Å²) < 4.78 is 12.9. The van der Waals surface area contributed by atoms with Gasteiger partial charge in [0, 0.05) is 37.0 Å². The molecule has 0 spiro atoms. The lowest BCUT2D eigenvalue weighted by Gasteiger charge is -2.35. The first-order valence-electron chi connectivity index (χ1n) is 8.94. The normalized spacial score (nSPS) is 17.4. The summed E-state index contributed by atoms with van der Waals surface area (Å²) in [5, 5.41) is 8.69. The average molecular weight is 372 g/mol. The molecular weight excluding hydrogens is 351 g/mol. The molecule has 0 unspecified atom stereocenters. The molecule has 1 amide bonds. The van der Waals surface area contributed by atoms with Crippen LogP contribution in [0.4, 0.5) is 10.2 Å². The fourth-order valence-electron chi connectivity index (χ4n) is 3.05. The monoisotopic (exact) mass is 372 g/mol. The van der Waals surface area contributed by atoms with Gasteiger partial charge >= 0.3 is 0 Å². The molecule has 2 fully saturated rings. The van der Waals surface area contributed by atoms with Crippen LogP contribution in [0, 0.1) is 5.82 Å². The van der Waals surface area contributed by atoms with E-state index >= 15 is 0 Å². The molecule has 2 aliphatic rings. The second kappa shape index (κ2) is 7.61. The lowest BCUT2D eigenvalue weighted by Crippen LogP contribution is -2.49. The van der Waals surface area contributed by atoms with Crippen LogP contribution in [-0.2, 0) is 4.79 Å². The second-order valence-electron chi connectivity index (χ2n) is 6.70. The average Bonchev–Trinajstić information content (AvgIpc) is 3.53. The molecule has 1 aliphatic carbocycles. The van der Waals surface area contributed by atoms with Crippen molar-refractivity contribution in [2.75, 3.05) is 36.8 Å². The lowest BCUT2D eigenvalue weighted by molar-refractivity contribution is -0.128. The molecular formula is C19H21FN4OS. The third-order valence-electron chi connectivity index (χ3n) is 4.80. The number of nitrogens with zero attached hydrogens (tertiary/aromatic N) is 4. The molecule has 7 heteroatoms. The standard InChI is InChI=1S/C19H21FN4OS/c20-15-3-5-16(6-4-15)26-13-19(25)24-11-9-23(10-12-24)18-8-7-17(21-22-18)14-1-2-14/h3-8,14H,1-2,9-13H2. The van der Waals surface area contributed by atoms with Crippen LogP contribution >= 0.6 is 11.8 Å². The van der Waals surface area contributed by atoms with Crippen molar-refractivity contribution in [2.24, 2.45) is 0 Å². The van der Waals surface area contributed by atoms with Crippen molar-refractivity contribution in [2.45, 2.75) is 23.7 Å². The Labute approximate surface area is 156 Å². The van der Waals surface area contributed by atoms with Gasteiger partial charge in [0.1, 0.15) is 5.82 Å². The minimum Gasteiger partial charge on any atom is -0.352 e. The summed E-state index contributed by atoms with van der Waals surface area (Å²) in [4.78, 5) is 17.4. The SMILES string of the molecule is O=C(CSc1ccc(F)cc1)N1CCN(c2ccc(C3CC3)nn2)CC1. The fourth-order valence-corrected chi connectivity index (χ4v) is 3.85. The molecule has 136 valence electrons. The molecule has 1 aromatic heterocycles. The zero-order chi connectivity index (χ0) is 17.9. The van der Waals surface area contributed by atoms with Crippen LogP contribution in [0.5, 0.6) is 0 Å². The van der Waals surface area contributed by atoms with Gasteiger partial charge in [-0.1, -0.05) is 0 Å². The van der Waals surface area contributed by atoms with Gasteiger partial charge in [-0.25, -0.2) is 4.39 Å². The highest BCUT2D eigenvalue weighted by molar-refractivity contribution is 8.00. The quantitative estimate of drug-likeness (QED) is 0.756. The fraction of sp³-hybridized carbons (Fsp3) is 0.421. The Bertz CT molecular complexity index is 756. The first kappa shape index (κ1) is 17.3. The van der Waals surface area contributed by atoms with Crippen LogP contribution in [0.3, 0.4) is 0 Å². The highest BCUT2D eigenvalue weighted by atomic mass is 32.2. The van der Waals surface area contributed by atoms with Gasteiger partial charge in [-0.3, -0.25) is 4.79 Å². The topological polar surface area (TPSA) is 49.3 Å². The minimum atomic E-state index is -0.259. The van der Waals surface area contributed by atoms with E-state index in [0.717, 1.165) is 29.5 Å². The van der Waals surface area contributed by atoms with Gasteiger partial charge in [-0.2, -0.15) is 5.10 Å². The first-order chi connectivity index (χ1) is 12.7. The largest absolute Gasteiger partial charge is 0.352 e. The number of carbonyl (C=O) groups is 1. The van der Waals surface area contributed by atoms with E-state index in [-0.39, 0.29) is 11.7 Å². The maximum atomic E-state index is 12.9. The lowest BCUT2D eigenvalue weighted by atomic mass is 10.2. The Balaban J connectivity index is 1.25. The van der Waals surface area contributed by atoms with Gasteiger partial charge < -0.3 is 9.80 Å². The van der Waals surface area contributed by atoms with Crippen molar-refractivity contribution in [1.82, 2.24) is 15.1 Å². The summed E-state index contributed by atoms with van der Waals surface area (Å²) in [6.07, 6.45) is 2.45. The number of hydrogen-bond donors (Lipinski definition) is 0. The van der Waals surface area contributed by atoms with E-state index in [1.165, 1.54) is 36.7 Å². The number of amides is 1. The molecule has 1 saturated carbocycles. The third-order valence-corrected chi connectivity index (χ3v) is 5.80. The van der Waals surface area contributed by atoms with Crippen LogP contribution in [0.2, 0.25) is 0 Å². The number of rotatable bonds is 5. The summed E-state index contributed by atoms with van der Waals surface area (Å²) in [7, 11) is 0. The summed E-state index contributed by atoms with van der Waals surface area (Å²) in [5.41, 5.74) is 1.10. The van der Waals surface area contributed by atoms with Gasteiger partial charge in [0.15, 0.2) is 5.82 Å². The summed E-state index contributed by atoms with van der Waals surface area (Å²) in [6.45, 7) is 2.92. The van der Waals surface area contributed by atoms with E-state index in [9.17, 15) is 9.18 Å². The minimum absolute atomic E-state index is 0.120. The van der Waals surface area contributed by atoms with Crippen molar-refractivity contribution >= 4 is 23.5 Å². The molecule has 1 aliphatic heterocycles. The number of piperazine rings is 1. The van der Waals surface area contributed by atoms with Crippen molar-refractivity contribution < 1.29 is 9.18 Å². The molecule has 26 heavy (non-hydrogen) atoms. The Morgan fingerprint density at radius 2 is 1.77 bits per heavy atom. The number of hydrogen-bond acceptors (Lipinski definition) is 5. The van der Waals surface area contributed by atoms with E-state index in [1.54, 1.807) is 12.1 Å². The molecule has 2 heterocycles. The summed E-state index contributed by atoms with van der Waals surface area (Å²) >= 11 is 1.44. The summed E-state index contributed by atoms with van der Waals surface area (Å²) in [6, 6.07) is 10.4. The first-order valence-corrected chi connectivity index (χ1v) is 9.92. The van der Waals surface area contributed by atoms with Crippen LogP contribution in [-0.4, -0.2) is 52.9 Å². The molecule has 5 nitrogen and oxygen atoms in total. The van der Waals surface area contributed by atoms with Crippen molar-refractivity contribution in [3.63, 3.8) is 0 Å². The number of aromatic nitrogens is 2. The predicted octanol–water partition coefficient (Wildman–Crippen LogP) is 2.93. The molecule has 0 atom stereocenters. The van der Waals surface area contributed by atoms with Gasteiger partial charge in [0.05, 0.1) is 11.4 Å². The molecule has 2 aromatic rings. The maximum Gasteiger partial charge on any atom is 0.233 e. The van der Waals surface area contributed by atoms with E-state index in [1.807, 2.05) is 11.0 Å². The van der Waals surface area contributed by atoms with Gasteiger partial charge in [-0.15, -0.1) is 16.9 Å². The van der Waals surface area contributed by atoms with Gasteiger partial charge in [0.25, 0.3) is 0 Å². The van der Waals surface area contributed by atoms with E-state index in [0.29, 0.717) is 24.8 Å². The zero-order valence-corrected chi connectivity index (χ0v) is 15.3. The van der Waals surface area contributed by atoms with Crippen LogP contribution in [0.25, 0.3) is 0 Å². The van der Waals surface area contributed by atoms with Crippen LogP contribution < -0.4 is 4.90 Å². The number of halogens is 1. The molecule has 1 saturated heterocycles. The highest BCUT2D eigenvalue weighted by Crippen LogP contribution is 2.38. The Kier molecular flexibility index (Phi) is 5.06. The highest BCUT2D eigenvalue weighted by Gasteiger charge is 2.26. The van der Waals surface area contributed by atoms with Crippen molar-refractivity contribution in [3.05, 3.63) is 47.9 Å². The van der Waals surface area contributed by atoms with Gasteiger partial charge in [-0.05, 0) is 49.2 Å². The molecule has 0 radical (unpaired) electrons. The second-order valence-corrected chi connectivity index (χ2v) is 7.75.